The number of hydrogen-bond acceptors (Lipinski definition) is 8. The summed E-state index contributed by atoms with van der Waals surface area (Å²) in [5, 5.41) is -2.12. The Kier molecular flexibility index (Phi) is 6.30. The molecule has 35 heavy (non-hydrogen) atoms. The standard InChI is InChI=1S/C21H18F4N4O4S2/c22-16-9-12(1-2-15(16)17-10-28-19(26)11-27-17)14-3-4-18(21(23,24)25)29-20(14)35(32,33)13-5-7-34(30,31)8-6-13/h1-4,9-11,13H,5-8H2,(H2,26,28). The van der Waals surface area contributed by atoms with Crippen molar-refractivity contribution in [2.45, 2.75) is 29.3 Å². The van der Waals surface area contributed by atoms with E-state index in [1.807, 2.05) is 0 Å². The Labute approximate surface area is 198 Å². The molecule has 1 saturated heterocycles. The molecule has 0 unspecified atom stereocenters. The third kappa shape index (κ3) is 5.12. The van der Waals surface area contributed by atoms with Crippen molar-refractivity contribution in [3.8, 4) is 22.4 Å². The molecule has 8 nitrogen and oxygen atoms in total. The molecule has 0 bridgehead atoms. The van der Waals surface area contributed by atoms with Crippen LogP contribution < -0.4 is 5.73 Å². The molecule has 0 spiro atoms. The molecule has 0 amide bonds. The lowest BCUT2D eigenvalue weighted by Crippen LogP contribution is -2.33. The van der Waals surface area contributed by atoms with Crippen LogP contribution in [0.25, 0.3) is 22.4 Å². The first-order valence-electron chi connectivity index (χ1n) is 10.2. The third-order valence-corrected chi connectivity index (χ3v) is 9.50. The molecule has 1 fully saturated rings. The highest BCUT2D eigenvalue weighted by Gasteiger charge is 2.39. The quantitative estimate of drug-likeness (QED) is 0.508. The number of nitrogens with two attached hydrogens (primary N) is 1. The SMILES string of the molecule is Nc1cnc(-c2ccc(-c3ccc(C(F)(F)F)nc3S(=O)(=O)C3CCS(=O)(=O)CC3)cc2F)cn1. The highest BCUT2D eigenvalue weighted by Crippen LogP contribution is 2.37. The van der Waals surface area contributed by atoms with Crippen molar-refractivity contribution >= 4 is 25.5 Å². The number of aromatic nitrogens is 3. The molecular formula is C21H18F4N4O4S2. The smallest absolute Gasteiger partial charge is 0.382 e. The van der Waals surface area contributed by atoms with E-state index in [0.717, 1.165) is 12.1 Å². The molecular weight excluding hydrogens is 512 g/mol. The normalized spacial score (nSPS) is 16.8. The molecule has 186 valence electrons. The molecule has 0 saturated carbocycles. The molecule has 1 aromatic carbocycles. The Morgan fingerprint density at radius 1 is 0.971 bits per heavy atom. The fourth-order valence-electron chi connectivity index (χ4n) is 3.74. The number of halogens is 4. The van der Waals surface area contributed by atoms with Gasteiger partial charge in [0.15, 0.2) is 14.9 Å². The van der Waals surface area contributed by atoms with Crippen LogP contribution in [0.3, 0.4) is 0 Å². The summed E-state index contributed by atoms with van der Waals surface area (Å²) in [5.74, 6) is -1.52. The van der Waals surface area contributed by atoms with Gasteiger partial charge in [-0.2, -0.15) is 13.2 Å². The van der Waals surface area contributed by atoms with Crippen molar-refractivity contribution in [3.63, 3.8) is 0 Å². The number of alkyl halides is 3. The van der Waals surface area contributed by atoms with Crippen LogP contribution in [0.15, 0.2) is 47.8 Å². The first-order chi connectivity index (χ1) is 16.3. The van der Waals surface area contributed by atoms with E-state index in [9.17, 15) is 34.4 Å². The van der Waals surface area contributed by atoms with E-state index in [4.69, 9.17) is 5.73 Å². The van der Waals surface area contributed by atoms with Crippen LogP contribution in [0.4, 0.5) is 23.4 Å². The van der Waals surface area contributed by atoms with E-state index in [1.54, 1.807) is 0 Å². The second kappa shape index (κ2) is 8.82. The molecule has 3 heterocycles. The predicted molar refractivity (Wildman–Crippen MR) is 119 cm³/mol. The summed E-state index contributed by atoms with van der Waals surface area (Å²) >= 11 is 0. The van der Waals surface area contributed by atoms with Gasteiger partial charge in [0.05, 0.1) is 34.8 Å². The van der Waals surface area contributed by atoms with Gasteiger partial charge in [0.25, 0.3) is 0 Å². The van der Waals surface area contributed by atoms with Gasteiger partial charge >= 0.3 is 6.18 Å². The number of sulfone groups is 2. The maximum absolute atomic E-state index is 14.9. The van der Waals surface area contributed by atoms with Gasteiger partial charge in [-0.1, -0.05) is 6.07 Å². The van der Waals surface area contributed by atoms with Crippen LogP contribution >= 0.6 is 0 Å². The summed E-state index contributed by atoms with van der Waals surface area (Å²) in [5.41, 5.74) is 3.94. The summed E-state index contributed by atoms with van der Waals surface area (Å²) in [4.78, 5) is 11.2. The van der Waals surface area contributed by atoms with Crippen molar-refractivity contribution in [1.82, 2.24) is 15.0 Å². The maximum atomic E-state index is 14.9. The predicted octanol–water partition coefficient (Wildman–Crippen LogP) is 3.30. The number of nitrogen functional groups attached to an aromatic ring is 1. The first kappa shape index (κ1) is 25.0. The lowest BCUT2D eigenvalue weighted by Gasteiger charge is -2.23. The topological polar surface area (TPSA) is 133 Å². The Morgan fingerprint density at radius 3 is 2.20 bits per heavy atom. The van der Waals surface area contributed by atoms with Gasteiger partial charge in [-0.25, -0.2) is 31.2 Å². The van der Waals surface area contributed by atoms with Gasteiger partial charge < -0.3 is 5.73 Å². The summed E-state index contributed by atoms with van der Waals surface area (Å²) < 4.78 is 105. The van der Waals surface area contributed by atoms with E-state index in [1.165, 1.54) is 24.5 Å². The van der Waals surface area contributed by atoms with Crippen LogP contribution in [-0.4, -0.2) is 48.5 Å². The summed E-state index contributed by atoms with van der Waals surface area (Å²) in [6.45, 7) is 0. The van der Waals surface area contributed by atoms with Crippen molar-refractivity contribution in [3.05, 3.63) is 54.2 Å². The molecule has 14 heteroatoms. The molecule has 0 aliphatic carbocycles. The van der Waals surface area contributed by atoms with Crippen LogP contribution in [0.5, 0.6) is 0 Å². The van der Waals surface area contributed by atoms with Crippen LogP contribution in [0.1, 0.15) is 18.5 Å². The minimum absolute atomic E-state index is 0.0167. The maximum Gasteiger partial charge on any atom is 0.433 e. The Morgan fingerprint density at radius 2 is 1.63 bits per heavy atom. The van der Waals surface area contributed by atoms with E-state index in [0.29, 0.717) is 6.07 Å². The lowest BCUT2D eigenvalue weighted by atomic mass is 10.0. The van der Waals surface area contributed by atoms with Crippen molar-refractivity contribution in [1.29, 1.82) is 0 Å². The number of pyridine rings is 1. The number of hydrogen-bond donors (Lipinski definition) is 1. The number of benzene rings is 1. The fraction of sp³-hybridized carbons (Fsp3) is 0.286. The van der Waals surface area contributed by atoms with E-state index < -0.39 is 59.1 Å². The number of anilines is 1. The third-order valence-electron chi connectivity index (χ3n) is 5.59. The average Bonchev–Trinajstić information content (AvgIpc) is 2.78. The summed E-state index contributed by atoms with van der Waals surface area (Å²) in [7, 11) is -7.91. The zero-order chi connectivity index (χ0) is 25.6. The van der Waals surface area contributed by atoms with Gasteiger partial charge in [-0.3, -0.25) is 4.98 Å². The Hall–Kier alpha value is -3.13. The Bertz CT molecular complexity index is 1480. The van der Waals surface area contributed by atoms with Gasteiger partial charge in [-0.15, -0.1) is 0 Å². The van der Waals surface area contributed by atoms with Gasteiger partial charge in [-0.05, 0) is 42.7 Å². The van der Waals surface area contributed by atoms with E-state index in [-0.39, 0.29) is 41.0 Å². The van der Waals surface area contributed by atoms with Crippen LogP contribution in [0.2, 0.25) is 0 Å². The molecule has 4 rings (SSSR count). The molecule has 1 aliphatic heterocycles. The summed E-state index contributed by atoms with van der Waals surface area (Å²) in [6, 6.07) is 5.09. The molecule has 0 radical (unpaired) electrons. The molecule has 2 N–H and O–H groups in total. The summed E-state index contributed by atoms with van der Waals surface area (Å²) in [6.07, 6.45) is -3.02. The number of rotatable bonds is 4. The van der Waals surface area contributed by atoms with Gasteiger partial charge in [0.2, 0.25) is 0 Å². The highest BCUT2D eigenvalue weighted by atomic mass is 32.2. The zero-order valence-corrected chi connectivity index (χ0v) is 19.5. The van der Waals surface area contributed by atoms with Gasteiger partial charge in [0.1, 0.15) is 27.2 Å². The average molecular weight is 531 g/mol. The Balaban J connectivity index is 1.82. The number of nitrogens with zero attached hydrogens (tertiary/aromatic N) is 3. The molecule has 1 aliphatic rings. The van der Waals surface area contributed by atoms with Crippen molar-refractivity contribution in [2.75, 3.05) is 17.2 Å². The molecule has 0 atom stereocenters. The second-order valence-corrected chi connectivity index (χ2v) is 12.4. The second-order valence-electron chi connectivity index (χ2n) is 7.96. The van der Waals surface area contributed by atoms with Crippen LogP contribution in [-0.2, 0) is 25.9 Å². The zero-order valence-electron chi connectivity index (χ0n) is 17.8. The fourth-order valence-corrected chi connectivity index (χ4v) is 7.42. The molecule has 3 aromatic rings. The monoisotopic (exact) mass is 530 g/mol. The highest BCUT2D eigenvalue weighted by molar-refractivity contribution is 7.93. The minimum Gasteiger partial charge on any atom is -0.382 e. The van der Waals surface area contributed by atoms with E-state index >= 15 is 0 Å². The van der Waals surface area contributed by atoms with E-state index in [2.05, 4.69) is 15.0 Å². The lowest BCUT2D eigenvalue weighted by molar-refractivity contribution is -0.141. The van der Waals surface area contributed by atoms with Crippen LogP contribution in [0, 0.1) is 5.82 Å². The minimum atomic E-state index is -4.93. The van der Waals surface area contributed by atoms with Gasteiger partial charge in [0, 0.05) is 11.1 Å². The molecule has 2 aromatic heterocycles. The van der Waals surface area contributed by atoms with Crippen molar-refractivity contribution < 1.29 is 34.4 Å². The first-order valence-corrected chi connectivity index (χ1v) is 13.5. The van der Waals surface area contributed by atoms with Crippen molar-refractivity contribution in [2.24, 2.45) is 0 Å². The largest absolute Gasteiger partial charge is 0.433 e.